The standard InChI is InChI=1S/C24H22OS2.H2O/c1-5-13-21(14-6-1)26(22-15-7-2-8-16-22)25-27(23-17-9-3-10-18-23)24-19-11-4-12-20-24;/h1-20,26-27H;1H2. The van der Waals surface area contributed by atoms with Crippen LogP contribution in [-0.4, -0.2) is 5.48 Å². The van der Waals surface area contributed by atoms with Gasteiger partial charge in [0.15, 0.2) is 0 Å². The molecule has 0 saturated carbocycles. The summed E-state index contributed by atoms with van der Waals surface area (Å²) in [7, 11) is 0. The van der Waals surface area contributed by atoms with Gasteiger partial charge >= 0.3 is 0 Å². The van der Waals surface area contributed by atoms with Crippen LogP contribution in [0.25, 0.3) is 0 Å². The highest BCUT2D eigenvalue weighted by atomic mass is 32.3. The van der Waals surface area contributed by atoms with Crippen molar-refractivity contribution in [1.29, 1.82) is 0 Å². The monoisotopic (exact) mass is 408 g/mol. The van der Waals surface area contributed by atoms with Crippen molar-refractivity contribution in [2.75, 3.05) is 0 Å². The Hall–Kier alpha value is -2.50. The van der Waals surface area contributed by atoms with E-state index in [-0.39, 0.29) is 5.48 Å². The Morgan fingerprint density at radius 2 is 0.571 bits per heavy atom. The molecule has 0 spiro atoms. The number of thiol groups is 2. The molecule has 2 N–H and O–H groups in total. The fraction of sp³-hybridized carbons (Fsp3) is 0. The van der Waals surface area contributed by atoms with Gasteiger partial charge in [-0.3, -0.25) is 3.63 Å². The largest absolute Gasteiger partial charge is 0.412 e. The second-order valence-corrected chi connectivity index (χ2v) is 9.91. The Labute approximate surface area is 172 Å². The number of hydrogen-bond donors (Lipinski definition) is 2. The topological polar surface area (TPSA) is 40.7 Å². The van der Waals surface area contributed by atoms with Crippen molar-refractivity contribution < 1.29 is 9.11 Å². The first-order valence-corrected chi connectivity index (χ1v) is 11.4. The van der Waals surface area contributed by atoms with E-state index < -0.39 is 22.4 Å². The zero-order chi connectivity index (χ0) is 18.3. The van der Waals surface area contributed by atoms with Crippen molar-refractivity contribution in [3.8, 4) is 0 Å². The van der Waals surface area contributed by atoms with Crippen LogP contribution >= 0.6 is 22.4 Å². The Bertz CT molecular complexity index is 789. The smallest absolute Gasteiger partial charge is 0.0154 e. The number of rotatable bonds is 6. The van der Waals surface area contributed by atoms with Crippen molar-refractivity contribution >= 4 is 22.4 Å². The molecule has 0 aromatic heterocycles. The Balaban J connectivity index is 0.00000225. The van der Waals surface area contributed by atoms with Crippen molar-refractivity contribution in [1.82, 2.24) is 0 Å². The van der Waals surface area contributed by atoms with E-state index in [4.69, 9.17) is 3.63 Å². The van der Waals surface area contributed by atoms with E-state index in [1.165, 1.54) is 19.6 Å². The van der Waals surface area contributed by atoms with E-state index in [9.17, 15) is 0 Å². The summed E-state index contributed by atoms with van der Waals surface area (Å²) in [5.41, 5.74) is 0. The first-order chi connectivity index (χ1) is 13.4. The molecule has 4 aromatic rings. The summed E-state index contributed by atoms with van der Waals surface area (Å²) in [4.78, 5) is 4.94. The van der Waals surface area contributed by atoms with Crippen LogP contribution in [0.1, 0.15) is 0 Å². The molecule has 0 amide bonds. The van der Waals surface area contributed by atoms with Gasteiger partial charge in [-0.1, -0.05) is 95.1 Å². The molecule has 4 heteroatoms. The van der Waals surface area contributed by atoms with Crippen LogP contribution in [0.5, 0.6) is 0 Å². The lowest BCUT2D eigenvalue weighted by molar-refractivity contribution is 0.717. The molecule has 0 heterocycles. The molecule has 0 aliphatic carbocycles. The molecule has 0 atom stereocenters. The fourth-order valence-electron chi connectivity index (χ4n) is 2.82. The molecule has 4 rings (SSSR count). The predicted octanol–water partition coefficient (Wildman–Crippen LogP) is 6.25. The summed E-state index contributed by atoms with van der Waals surface area (Å²) in [6.45, 7) is 0. The Morgan fingerprint density at radius 1 is 0.357 bits per heavy atom. The lowest BCUT2D eigenvalue weighted by Gasteiger charge is -2.31. The minimum atomic E-state index is -0.909. The third-order valence-electron chi connectivity index (χ3n) is 4.13. The van der Waals surface area contributed by atoms with Gasteiger partial charge in [0.1, 0.15) is 0 Å². The van der Waals surface area contributed by atoms with Gasteiger partial charge in [0.05, 0.1) is 0 Å². The molecule has 0 saturated heterocycles. The maximum atomic E-state index is 6.92. The molecule has 2 nitrogen and oxygen atoms in total. The van der Waals surface area contributed by atoms with E-state index >= 15 is 0 Å². The average Bonchev–Trinajstić information content (AvgIpc) is 2.77. The van der Waals surface area contributed by atoms with Gasteiger partial charge in [0.25, 0.3) is 0 Å². The van der Waals surface area contributed by atoms with Crippen molar-refractivity contribution in [2.45, 2.75) is 19.6 Å². The number of benzene rings is 4. The van der Waals surface area contributed by atoms with Gasteiger partial charge in [-0.05, 0) is 48.5 Å². The Kier molecular flexibility index (Phi) is 7.34. The first kappa shape index (κ1) is 20.2. The van der Waals surface area contributed by atoms with Crippen molar-refractivity contribution in [3.05, 3.63) is 121 Å². The van der Waals surface area contributed by atoms with Gasteiger partial charge in [-0.25, -0.2) is 0 Å². The molecule has 0 aliphatic rings. The second-order valence-electron chi connectivity index (χ2n) is 6.01. The first-order valence-electron chi connectivity index (χ1n) is 8.90. The summed E-state index contributed by atoms with van der Waals surface area (Å²) in [5.74, 6) is 0. The quantitative estimate of drug-likeness (QED) is 0.364. The number of hydrogen-bond acceptors (Lipinski definition) is 1. The van der Waals surface area contributed by atoms with Crippen molar-refractivity contribution in [3.63, 3.8) is 0 Å². The molecule has 0 unspecified atom stereocenters. The van der Waals surface area contributed by atoms with Crippen LogP contribution in [0.4, 0.5) is 0 Å². The van der Waals surface area contributed by atoms with Gasteiger partial charge < -0.3 is 5.48 Å². The summed E-state index contributed by atoms with van der Waals surface area (Å²) in [6, 6.07) is 42.3. The van der Waals surface area contributed by atoms with Crippen LogP contribution in [0.3, 0.4) is 0 Å². The summed E-state index contributed by atoms with van der Waals surface area (Å²) in [5, 5.41) is 0. The molecule has 4 aromatic carbocycles. The van der Waals surface area contributed by atoms with Gasteiger partial charge in [-0.2, -0.15) is 0 Å². The van der Waals surface area contributed by atoms with E-state index in [1.807, 2.05) is 0 Å². The maximum absolute atomic E-state index is 6.92. The zero-order valence-corrected chi connectivity index (χ0v) is 17.1. The summed E-state index contributed by atoms with van der Waals surface area (Å²) < 4.78 is 6.92. The summed E-state index contributed by atoms with van der Waals surface area (Å²) >= 11 is -1.82. The highest BCUT2D eigenvalue weighted by Crippen LogP contribution is 2.58. The van der Waals surface area contributed by atoms with Crippen LogP contribution in [0.15, 0.2) is 141 Å². The minimum Gasteiger partial charge on any atom is -0.412 e. The molecular formula is C24H24O2S2. The van der Waals surface area contributed by atoms with Gasteiger partial charge in [0.2, 0.25) is 0 Å². The molecule has 144 valence electrons. The normalized spacial score (nSPS) is 11.3. The molecular weight excluding hydrogens is 384 g/mol. The lowest BCUT2D eigenvalue weighted by Crippen LogP contribution is -1.94. The third kappa shape index (κ3) is 4.86. The average molecular weight is 409 g/mol. The fourth-order valence-corrected chi connectivity index (χ4v) is 7.35. The van der Waals surface area contributed by atoms with Gasteiger partial charge in [0, 0.05) is 19.6 Å². The molecule has 0 aliphatic heterocycles. The van der Waals surface area contributed by atoms with Crippen molar-refractivity contribution in [2.24, 2.45) is 0 Å². The van der Waals surface area contributed by atoms with E-state index in [2.05, 4.69) is 121 Å². The van der Waals surface area contributed by atoms with E-state index in [1.54, 1.807) is 0 Å². The van der Waals surface area contributed by atoms with E-state index in [0.29, 0.717) is 0 Å². The van der Waals surface area contributed by atoms with Gasteiger partial charge in [-0.15, -0.1) is 0 Å². The molecule has 0 bridgehead atoms. The third-order valence-corrected chi connectivity index (χ3v) is 8.50. The molecule has 28 heavy (non-hydrogen) atoms. The predicted molar refractivity (Wildman–Crippen MR) is 122 cm³/mol. The van der Waals surface area contributed by atoms with Crippen LogP contribution < -0.4 is 0 Å². The highest BCUT2D eigenvalue weighted by Gasteiger charge is 2.18. The highest BCUT2D eigenvalue weighted by molar-refractivity contribution is 8.25. The molecule has 0 fully saturated rings. The molecule has 0 radical (unpaired) electrons. The van der Waals surface area contributed by atoms with Crippen LogP contribution in [0, 0.1) is 0 Å². The minimum absolute atomic E-state index is 0. The summed E-state index contributed by atoms with van der Waals surface area (Å²) in [6.07, 6.45) is 0. The van der Waals surface area contributed by atoms with E-state index in [0.717, 1.165) is 0 Å². The second kappa shape index (κ2) is 10.2. The SMILES string of the molecule is O.c1ccc([SH](O[SH](c2ccccc2)c2ccccc2)c2ccccc2)cc1. The zero-order valence-electron chi connectivity index (χ0n) is 15.3. The van der Waals surface area contributed by atoms with Crippen LogP contribution in [0.2, 0.25) is 0 Å². The maximum Gasteiger partial charge on any atom is 0.0154 e. The Morgan fingerprint density at radius 3 is 0.786 bits per heavy atom. The lowest BCUT2D eigenvalue weighted by atomic mass is 10.4. The van der Waals surface area contributed by atoms with Crippen LogP contribution in [-0.2, 0) is 3.63 Å².